The molecule has 102 valence electrons. The van der Waals surface area contributed by atoms with Crippen molar-refractivity contribution in [3.8, 4) is 11.3 Å². The van der Waals surface area contributed by atoms with Crippen molar-refractivity contribution in [1.29, 1.82) is 0 Å². The summed E-state index contributed by atoms with van der Waals surface area (Å²) in [6.45, 7) is 2.17. The topological polar surface area (TPSA) is 43.8 Å². The molecule has 3 heteroatoms. The molecule has 0 radical (unpaired) electrons. The summed E-state index contributed by atoms with van der Waals surface area (Å²) in [6, 6.07) is 14.7. The minimum absolute atomic E-state index is 0.773. The van der Waals surface area contributed by atoms with Crippen molar-refractivity contribution in [3.63, 3.8) is 0 Å². The monoisotopic (exact) mass is 265 g/mol. The van der Waals surface area contributed by atoms with Crippen LogP contribution in [0.25, 0.3) is 22.0 Å². The fourth-order valence-corrected chi connectivity index (χ4v) is 2.73. The Labute approximate surface area is 119 Å². The van der Waals surface area contributed by atoms with E-state index in [1.54, 1.807) is 4.68 Å². The lowest BCUT2D eigenvalue weighted by Gasteiger charge is -2.06. The minimum Gasteiger partial charge on any atom is -0.384 e. The van der Waals surface area contributed by atoms with Gasteiger partial charge >= 0.3 is 0 Å². The normalized spacial score (nSPS) is 11.1. The second-order valence-corrected chi connectivity index (χ2v) is 5.11. The van der Waals surface area contributed by atoms with E-state index >= 15 is 0 Å². The van der Waals surface area contributed by atoms with Crippen molar-refractivity contribution >= 4 is 16.6 Å². The summed E-state index contributed by atoms with van der Waals surface area (Å²) in [5, 5.41) is 7.10. The number of aromatic nitrogens is 2. The lowest BCUT2D eigenvalue weighted by atomic mass is 9.98. The lowest BCUT2D eigenvalue weighted by molar-refractivity contribution is 0.781. The summed E-state index contributed by atoms with van der Waals surface area (Å²) in [4.78, 5) is 0. The molecule has 20 heavy (non-hydrogen) atoms. The van der Waals surface area contributed by atoms with Crippen LogP contribution in [0.5, 0.6) is 0 Å². The van der Waals surface area contributed by atoms with Crippen molar-refractivity contribution in [3.05, 3.63) is 48.0 Å². The molecule has 3 rings (SSSR count). The third kappa shape index (κ3) is 1.95. The summed E-state index contributed by atoms with van der Waals surface area (Å²) in [5.74, 6) is 0.773. The minimum atomic E-state index is 0.773. The van der Waals surface area contributed by atoms with E-state index in [9.17, 15) is 0 Å². The van der Waals surface area contributed by atoms with Crippen LogP contribution in [0.3, 0.4) is 0 Å². The van der Waals surface area contributed by atoms with Crippen LogP contribution in [0, 0.1) is 0 Å². The van der Waals surface area contributed by atoms with Gasteiger partial charge in [-0.05, 0) is 17.2 Å². The summed E-state index contributed by atoms with van der Waals surface area (Å²) in [5.41, 5.74) is 9.51. The largest absolute Gasteiger partial charge is 0.384 e. The zero-order chi connectivity index (χ0) is 14.1. The zero-order valence-corrected chi connectivity index (χ0v) is 11.9. The molecule has 0 amide bonds. The van der Waals surface area contributed by atoms with E-state index in [4.69, 9.17) is 5.73 Å². The van der Waals surface area contributed by atoms with Gasteiger partial charge in [-0.1, -0.05) is 55.8 Å². The summed E-state index contributed by atoms with van der Waals surface area (Å²) < 4.78 is 1.78. The average Bonchev–Trinajstić information content (AvgIpc) is 2.75. The number of nitrogens with zero attached hydrogens (tertiary/aromatic N) is 2. The number of rotatable bonds is 3. The van der Waals surface area contributed by atoms with Gasteiger partial charge < -0.3 is 5.73 Å². The molecule has 3 nitrogen and oxygen atoms in total. The van der Waals surface area contributed by atoms with Crippen molar-refractivity contribution in [2.75, 3.05) is 5.73 Å². The quantitative estimate of drug-likeness (QED) is 0.783. The molecule has 0 atom stereocenters. The molecule has 2 N–H and O–H groups in total. The van der Waals surface area contributed by atoms with Crippen LogP contribution in [-0.2, 0) is 13.5 Å². The first-order chi connectivity index (χ1) is 9.72. The first-order valence-corrected chi connectivity index (χ1v) is 7.02. The molecule has 3 aromatic rings. The Morgan fingerprint density at radius 2 is 1.85 bits per heavy atom. The number of aryl methyl sites for hydroxylation is 1. The van der Waals surface area contributed by atoms with Gasteiger partial charge in [0, 0.05) is 18.2 Å². The maximum Gasteiger partial charge on any atom is 0.125 e. The zero-order valence-electron chi connectivity index (χ0n) is 11.9. The Bertz CT molecular complexity index is 751. The first kappa shape index (κ1) is 12.7. The molecule has 0 spiro atoms. The van der Waals surface area contributed by atoms with Gasteiger partial charge in [-0.25, -0.2) is 0 Å². The molecule has 0 aliphatic heterocycles. The van der Waals surface area contributed by atoms with Gasteiger partial charge in [0.05, 0.1) is 5.69 Å². The fraction of sp³-hybridized carbons (Fsp3) is 0.235. The molecule has 0 bridgehead atoms. The number of hydrogen-bond acceptors (Lipinski definition) is 2. The second kappa shape index (κ2) is 5.00. The molecule has 0 saturated carbocycles. The number of benzene rings is 2. The molecule has 0 aliphatic rings. The lowest BCUT2D eigenvalue weighted by Crippen LogP contribution is -1.99. The number of anilines is 1. The molecular weight excluding hydrogens is 246 g/mol. The highest BCUT2D eigenvalue weighted by Crippen LogP contribution is 2.33. The average molecular weight is 265 g/mol. The molecule has 1 aromatic heterocycles. The molecule has 2 aromatic carbocycles. The Hall–Kier alpha value is -2.29. The number of hydrogen-bond donors (Lipinski definition) is 1. The highest BCUT2D eigenvalue weighted by Gasteiger charge is 2.16. The highest BCUT2D eigenvalue weighted by molar-refractivity contribution is 5.96. The van der Waals surface area contributed by atoms with Gasteiger partial charge in [-0.3, -0.25) is 4.68 Å². The van der Waals surface area contributed by atoms with Gasteiger partial charge in [0.15, 0.2) is 0 Å². The van der Waals surface area contributed by atoms with Crippen LogP contribution in [0.1, 0.15) is 18.9 Å². The number of nitrogens with two attached hydrogens (primary N) is 1. The van der Waals surface area contributed by atoms with Crippen LogP contribution < -0.4 is 5.73 Å². The molecular formula is C17H19N3. The van der Waals surface area contributed by atoms with E-state index in [0.29, 0.717) is 0 Å². The Balaban J connectivity index is 2.28. The maximum absolute atomic E-state index is 6.17. The smallest absolute Gasteiger partial charge is 0.125 e. The maximum atomic E-state index is 6.17. The van der Waals surface area contributed by atoms with Gasteiger partial charge in [0.2, 0.25) is 0 Å². The van der Waals surface area contributed by atoms with E-state index in [-0.39, 0.29) is 0 Å². The molecule has 0 unspecified atom stereocenters. The van der Waals surface area contributed by atoms with Gasteiger partial charge in [0.1, 0.15) is 5.82 Å². The third-order valence-corrected chi connectivity index (χ3v) is 3.74. The Morgan fingerprint density at radius 1 is 1.10 bits per heavy atom. The second-order valence-electron chi connectivity index (χ2n) is 5.11. The molecule has 0 aliphatic carbocycles. The van der Waals surface area contributed by atoms with E-state index in [1.807, 2.05) is 7.05 Å². The molecule has 1 heterocycles. The summed E-state index contributed by atoms with van der Waals surface area (Å²) >= 11 is 0. The highest BCUT2D eigenvalue weighted by atomic mass is 15.3. The summed E-state index contributed by atoms with van der Waals surface area (Å²) in [6.07, 6.45) is 2.02. The van der Waals surface area contributed by atoms with Crippen LogP contribution in [0.15, 0.2) is 42.5 Å². The van der Waals surface area contributed by atoms with E-state index in [1.165, 1.54) is 16.3 Å². The molecule has 0 fully saturated rings. The van der Waals surface area contributed by atoms with E-state index in [0.717, 1.165) is 29.9 Å². The third-order valence-electron chi connectivity index (χ3n) is 3.74. The van der Waals surface area contributed by atoms with Gasteiger partial charge in [0.25, 0.3) is 0 Å². The Morgan fingerprint density at radius 3 is 2.65 bits per heavy atom. The fourth-order valence-electron chi connectivity index (χ4n) is 2.73. The van der Waals surface area contributed by atoms with Gasteiger partial charge in [-0.2, -0.15) is 5.10 Å². The predicted octanol–water partition coefficient (Wildman–Crippen LogP) is 3.78. The van der Waals surface area contributed by atoms with Crippen molar-refractivity contribution < 1.29 is 0 Å². The summed E-state index contributed by atoms with van der Waals surface area (Å²) in [7, 11) is 1.91. The number of nitrogen functional groups attached to an aromatic ring is 1. The van der Waals surface area contributed by atoms with Crippen LogP contribution in [0.4, 0.5) is 5.82 Å². The van der Waals surface area contributed by atoms with Crippen molar-refractivity contribution in [1.82, 2.24) is 9.78 Å². The van der Waals surface area contributed by atoms with Crippen LogP contribution >= 0.6 is 0 Å². The predicted molar refractivity (Wildman–Crippen MR) is 84.6 cm³/mol. The molecule has 0 saturated heterocycles. The SMILES string of the molecule is CCCc1c(-c2cccc3ccccc23)nn(C)c1N. The van der Waals surface area contributed by atoms with Crippen LogP contribution in [-0.4, -0.2) is 9.78 Å². The van der Waals surface area contributed by atoms with Gasteiger partial charge in [-0.15, -0.1) is 0 Å². The Kier molecular flexibility index (Phi) is 3.18. The standard InChI is InChI=1S/C17H19N3/c1-3-7-15-16(19-20(2)17(15)18)14-11-6-9-12-8-4-5-10-13(12)14/h4-6,8-11H,3,7,18H2,1-2H3. The number of fused-ring (bicyclic) bond motifs is 1. The first-order valence-electron chi connectivity index (χ1n) is 7.02. The van der Waals surface area contributed by atoms with E-state index in [2.05, 4.69) is 54.5 Å². The van der Waals surface area contributed by atoms with Crippen molar-refractivity contribution in [2.45, 2.75) is 19.8 Å². The van der Waals surface area contributed by atoms with Crippen LogP contribution in [0.2, 0.25) is 0 Å². The van der Waals surface area contributed by atoms with E-state index < -0.39 is 0 Å². The van der Waals surface area contributed by atoms with Crippen molar-refractivity contribution in [2.24, 2.45) is 7.05 Å².